The summed E-state index contributed by atoms with van der Waals surface area (Å²) >= 11 is 0. The van der Waals surface area contributed by atoms with Gasteiger partial charge in [-0.2, -0.15) is 5.10 Å². The van der Waals surface area contributed by atoms with Crippen LogP contribution in [0.3, 0.4) is 0 Å². The number of nitro groups is 1. The smallest absolute Gasteiger partial charge is 0.269 e. The molecule has 0 saturated heterocycles. The summed E-state index contributed by atoms with van der Waals surface area (Å²) in [7, 11) is 0. The maximum atomic E-state index is 12.3. The van der Waals surface area contributed by atoms with E-state index >= 15 is 0 Å². The van der Waals surface area contributed by atoms with Gasteiger partial charge in [-0.3, -0.25) is 19.7 Å². The predicted molar refractivity (Wildman–Crippen MR) is 105 cm³/mol. The first-order chi connectivity index (χ1) is 13.3. The van der Waals surface area contributed by atoms with E-state index in [2.05, 4.69) is 10.4 Å². The number of hydrogen-bond acceptors (Lipinski definition) is 5. The summed E-state index contributed by atoms with van der Waals surface area (Å²) in [5.41, 5.74) is 3.28. The third-order valence-electron chi connectivity index (χ3n) is 4.04. The van der Waals surface area contributed by atoms with Gasteiger partial charge in [0.1, 0.15) is 6.54 Å². The van der Waals surface area contributed by atoms with Gasteiger partial charge in [0.05, 0.1) is 10.6 Å². The van der Waals surface area contributed by atoms with E-state index in [4.69, 9.17) is 0 Å². The Kier molecular flexibility index (Phi) is 5.30. The fraction of sp³-hybridized carbons (Fsp3) is 0.150. The minimum atomic E-state index is -0.491. The lowest BCUT2D eigenvalue weighted by molar-refractivity contribution is -0.384. The van der Waals surface area contributed by atoms with Crippen molar-refractivity contribution in [1.82, 2.24) is 9.78 Å². The molecule has 0 unspecified atom stereocenters. The van der Waals surface area contributed by atoms with Crippen LogP contribution in [0.1, 0.15) is 11.1 Å². The minimum absolute atomic E-state index is 0.0371. The van der Waals surface area contributed by atoms with Crippen molar-refractivity contribution in [3.8, 4) is 11.3 Å². The van der Waals surface area contributed by atoms with Crippen LogP contribution in [0.5, 0.6) is 0 Å². The number of rotatable bonds is 5. The molecule has 0 aliphatic rings. The Labute approximate surface area is 160 Å². The Balaban J connectivity index is 1.80. The molecule has 0 aliphatic carbocycles. The van der Waals surface area contributed by atoms with E-state index in [0.717, 1.165) is 15.8 Å². The Morgan fingerprint density at radius 1 is 1.07 bits per heavy atom. The zero-order chi connectivity index (χ0) is 20.3. The monoisotopic (exact) mass is 378 g/mol. The summed E-state index contributed by atoms with van der Waals surface area (Å²) in [4.78, 5) is 34.7. The fourth-order valence-corrected chi connectivity index (χ4v) is 2.85. The van der Waals surface area contributed by atoms with Crippen molar-refractivity contribution in [1.29, 1.82) is 0 Å². The number of benzene rings is 2. The van der Waals surface area contributed by atoms with Gasteiger partial charge in [-0.25, -0.2) is 4.68 Å². The molecule has 0 fully saturated rings. The van der Waals surface area contributed by atoms with Crippen LogP contribution in [0, 0.1) is 24.0 Å². The zero-order valence-corrected chi connectivity index (χ0v) is 15.4. The van der Waals surface area contributed by atoms with Crippen molar-refractivity contribution in [2.75, 3.05) is 5.32 Å². The van der Waals surface area contributed by atoms with Gasteiger partial charge in [-0.05, 0) is 55.3 Å². The molecule has 28 heavy (non-hydrogen) atoms. The molecule has 1 amide bonds. The van der Waals surface area contributed by atoms with Crippen molar-refractivity contribution >= 4 is 17.3 Å². The van der Waals surface area contributed by atoms with Crippen molar-refractivity contribution in [2.24, 2.45) is 0 Å². The molecular weight excluding hydrogens is 360 g/mol. The molecule has 0 saturated carbocycles. The number of nitrogens with one attached hydrogen (secondary N) is 1. The summed E-state index contributed by atoms with van der Waals surface area (Å²) in [5, 5.41) is 17.7. The van der Waals surface area contributed by atoms with Crippen molar-refractivity contribution in [3.05, 3.63) is 86.2 Å². The van der Waals surface area contributed by atoms with Gasteiger partial charge in [0.25, 0.3) is 11.2 Å². The van der Waals surface area contributed by atoms with E-state index in [-0.39, 0.29) is 18.1 Å². The second kappa shape index (κ2) is 7.83. The van der Waals surface area contributed by atoms with E-state index in [9.17, 15) is 19.7 Å². The number of carbonyl (C=O) groups is 1. The second-order valence-corrected chi connectivity index (χ2v) is 6.44. The number of aromatic nitrogens is 2. The first-order valence-electron chi connectivity index (χ1n) is 8.53. The molecule has 0 atom stereocenters. The number of non-ortho nitro benzene ring substituents is 1. The standard InChI is InChI=1S/C20H18N4O4/c1-13-9-14(2)11-16(10-13)21-19(25)12-23-20(26)8-7-18(22-23)15-3-5-17(6-4-15)24(27)28/h3-11H,12H2,1-2H3,(H,21,25). The molecule has 1 aromatic heterocycles. The van der Waals surface area contributed by atoms with Gasteiger partial charge in [-0.1, -0.05) is 6.07 Å². The van der Waals surface area contributed by atoms with Crippen LogP contribution in [0.2, 0.25) is 0 Å². The van der Waals surface area contributed by atoms with Gasteiger partial charge >= 0.3 is 0 Å². The highest BCUT2D eigenvalue weighted by molar-refractivity contribution is 5.90. The van der Waals surface area contributed by atoms with Crippen LogP contribution in [-0.4, -0.2) is 20.6 Å². The third kappa shape index (κ3) is 4.47. The molecule has 2 aromatic carbocycles. The quantitative estimate of drug-likeness (QED) is 0.542. The molecule has 1 N–H and O–H groups in total. The number of hydrogen-bond donors (Lipinski definition) is 1. The first kappa shape index (κ1) is 19.0. The molecule has 8 heteroatoms. The Hall–Kier alpha value is -3.81. The van der Waals surface area contributed by atoms with Crippen LogP contribution < -0.4 is 10.9 Å². The van der Waals surface area contributed by atoms with Crippen molar-refractivity contribution < 1.29 is 9.72 Å². The van der Waals surface area contributed by atoms with Gasteiger partial charge in [-0.15, -0.1) is 0 Å². The van der Waals surface area contributed by atoms with Crippen molar-refractivity contribution in [3.63, 3.8) is 0 Å². The number of anilines is 1. The molecule has 0 aliphatic heterocycles. The van der Waals surface area contributed by atoms with Crippen molar-refractivity contribution in [2.45, 2.75) is 20.4 Å². The Morgan fingerprint density at radius 3 is 2.32 bits per heavy atom. The normalized spacial score (nSPS) is 10.5. The van der Waals surface area contributed by atoms with Crippen LogP contribution >= 0.6 is 0 Å². The first-order valence-corrected chi connectivity index (χ1v) is 8.53. The summed E-state index contributed by atoms with van der Waals surface area (Å²) in [6, 6.07) is 14.3. The average Bonchev–Trinajstić information content (AvgIpc) is 2.62. The average molecular weight is 378 g/mol. The van der Waals surface area contributed by atoms with E-state index in [1.165, 1.54) is 24.3 Å². The fourth-order valence-electron chi connectivity index (χ4n) is 2.85. The van der Waals surface area contributed by atoms with Crippen LogP contribution in [0.15, 0.2) is 59.4 Å². The predicted octanol–water partition coefficient (Wildman–Crippen LogP) is 3.07. The highest BCUT2D eigenvalue weighted by atomic mass is 16.6. The lowest BCUT2D eigenvalue weighted by Gasteiger charge is -2.09. The van der Waals surface area contributed by atoms with Gasteiger partial charge in [0.15, 0.2) is 0 Å². The number of carbonyl (C=O) groups excluding carboxylic acids is 1. The van der Waals surface area contributed by atoms with Crippen LogP contribution in [0.4, 0.5) is 11.4 Å². The zero-order valence-electron chi connectivity index (χ0n) is 15.4. The summed E-state index contributed by atoms with van der Waals surface area (Å²) in [5.74, 6) is -0.375. The Morgan fingerprint density at radius 2 is 1.71 bits per heavy atom. The van der Waals surface area contributed by atoms with E-state index in [0.29, 0.717) is 16.9 Å². The lowest BCUT2D eigenvalue weighted by atomic mass is 10.1. The molecule has 1 heterocycles. The maximum absolute atomic E-state index is 12.3. The minimum Gasteiger partial charge on any atom is -0.324 e. The molecule has 142 valence electrons. The van der Waals surface area contributed by atoms with Gasteiger partial charge in [0, 0.05) is 29.4 Å². The summed E-state index contributed by atoms with van der Waals surface area (Å²) in [6.07, 6.45) is 0. The number of amides is 1. The summed E-state index contributed by atoms with van der Waals surface area (Å²) in [6.45, 7) is 3.62. The van der Waals surface area contributed by atoms with Gasteiger partial charge in [0.2, 0.25) is 5.91 Å². The van der Waals surface area contributed by atoms with E-state index < -0.39 is 10.5 Å². The number of nitrogens with zero attached hydrogens (tertiary/aromatic N) is 3. The molecule has 3 rings (SSSR count). The molecular formula is C20H18N4O4. The van der Waals surface area contributed by atoms with E-state index in [1.54, 1.807) is 12.1 Å². The molecule has 0 radical (unpaired) electrons. The second-order valence-electron chi connectivity index (χ2n) is 6.44. The third-order valence-corrected chi connectivity index (χ3v) is 4.04. The number of aryl methyl sites for hydroxylation is 2. The van der Waals surface area contributed by atoms with Gasteiger partial charge < -0.3 is 5.32 Å². The molecule has 0 spiro atoms. The highest BCUT2D eigenvalue weighted by Gasteiger charge is 2.10. The summed E-state index contributed by atoms with van der Waals surface area (Å²) < 4.78 is 1.06. The number of nitro benzene ring substituents is 1. The molecule has 3 aromatic rings. The van der Waals surface area contributed by atoms with Crippen LogP contribution in [0.25, 0.3) is 11.3 Å². The molecule has 8 nitrogen and oxygen atoms in total. The SMILES string of the molecule is Cc1cc(C)cc(NC(=O)Cn2nc(-c3ccc([N+](=O)[O-])cc3)ccc2=O)c1. The maximum Gasteiger partial charge on any atom is 0.269 e. The topological polar surface area (TPSA) is 107 Å². The van der Waals surface area contributed by atoms with E-state index in [1.807, 2.05) is 32.0 Å². The Bertz CT molecular complexity index is 1080. The largest absolute Gasteiger partial charge is 0.324 e. The molecule has 0 bridgehead atoms. The lowest BCUT2D eigenvalue weighted by Crippen LogP contribution is -2.29. The highest BCUT2D eigenvalue weighted by Crippen LogP contribution is 2.19. The van der Waals surface area contributed by atoms with Crippen LogP contribution in [-0.2, 0) is 11.3 Å².